The van der Waals surface area contributed by atoms with Gasteiger partial charge in [-0.1, -0.05) is 41.9 Å². The van der Waals surface area contributed by atoms with Crippen molar-refractivity contribution in [2.45, 2.75) is 0 Å². The number of rotatable bonds is 6. The summed E-state index contributed by atoms with van der Waals surface area (Å²) >= 11 is 6.11. The Morgan fingerprint density at radius 1 is 0.935 bits per heavy atom. The van der Waals surface area contributed by atoms with Gasteiger partial charge in [0.25, 0.3) is 5.91 Å². The van der Waals surface area contributed by atoms with Crippen LogP contribution in [0.2, 0.25) is 5.02 Å². The van der Waals surface area contributed by atoms with Gasteiger partial charge in [0.05, 0.1) is 12.1 Å². The van der Waals surface area contributed by atoms with Crippen LogP contribution in [0, 0.1) is 0 Å². The smallest absolute Gasteiger partial charge is 0.255 e. The summed E-state index contributed by atoms with van der Waals surface area (Å²) in [6.07, 6.45) is 1.71. The minimum Gasteiger partial charge on any atom is -0.495 e. The van der Waals surface area contributed by atoms with Crippen LogP contribution in [0.3, 0.4) is 0 Å². The average Bonchev–Trinajstić information content (AvgIpc) is 2.80. The quantitative estimate of drug-likeness (QED) is 0.404. The van der Waals surface area contributed by atoms with Crippen molar-refractivity contribution >= 4 is 34.7 Å². The normalized spacial score (nSPS) is 10.4. The first-order valence-corrected chi connectivity index (χ1v) is 9.90. The first kappa shape index (κ1) is 20.4. The molecule has 0 aliphatic rings. The van der Waals surface area contributed by atoms with Crippen LogP contribution >= 0.6 is 11.6 Å². The van der Waals surface area contributed by atoms with E-state index in [0.29, 0.717) is 33.7 Å². The molecule has 0 atom stereocenters. The summed E-state index contributed by atoms with van der Waals surface area (Å²) in [4.78, 5) is 21.4. The predicted octanol–water partition coefficient (Wildman–Crippen LogP) is 5.80. The van der Waals surface area contributed by atoms with Crippen molar-refractivity contribution < 1.29 is 9.53 Å². The van der Waals surface area contributed by atoms with Crippen LogP contribution in [0.1, 0.15) is 10.4 Å². The molecule has 0 fully saturated rings. The molecule has 3 aromatic carbocycles. The van der Waals surface area contributed by atoms with Gasteiger partial charge in [0, 0.05) is 28.7 Å². The number of nitrogens with zero attached hydrogens (tertiary/aromatic N) is 2. The van der Waals surface area contributed by atoms with Gasteiger partial charge < -0.3 is 15.4 Å². The maximum Gasteiger partial charge on any atom is 0.255 e. The summed E-state index contributed by atoms with van der Waals surface area (Å²) in [7, 11) is 1.54. The van der Waals surface area contributed by atoms with Gasteiger partial charge in [0.15, 0.2) is 5.82 Å². The van der Waals surface area contributed by atoms with Gasteiger partial charge in [-0.25, -0.2) is 9.97 Å². The predicted molar refractivity (Wildman–Crippen MR) is 123 cm³/mol. The molecular formula is C24H19ClN4O2. The fraction of sp³-hybridized carbons (Fsp3) is 0.0417. The fourth-order valence-corrected chi connectivity index (χ4v) is 3.21. The molecule has 154 valence electrons. The lowest BCUT2D eigenvalue weighted by Gasteiger charge is -2.10. The third-order valence-corrected chi connectivity index (χ3v) is 4.81. The summed E-state index contributed by atoms with van der Waals surface area (Å²) in [5.41, 5.74) is 2.86. The summed E-state index contributed by atoms with van der Waals surface area (Å²) in [6.45, 7) is 0. The van der Waals surface area contributed by atoms with Gasteiger partial charge >= 0.3 is 0 Å². The number of nitrogens with one attached hydrogen (secondary N) is 2. The zero-order valence-corrected chi connectivity index (χ0v) is 17.4. The molecular weight excluding hydrogens is 412 g/mol. The van der Waals surface area contributed by atoms with E-state index in [1.54, 1.807) is 49.7 Å². The number of aromatic nitrogens is 2. The highest BCUT2D eigenvalue weighted by Crippen LogP contribution is 2.27. The van der Waals surface area contributed by atoms with E-state index in [2.05, 4.69) is 20.6 Å². The van der Waals surface area contributed by atoms with E-state index >= 15 is 0 Å². The van der Waals surface area contributed by atoms with Gasteiger partial charge in [-0.15, -0.1) is 0 Å². The maximum atomic E-state index is 12.5. The van der Waals surface area contributed by atoms with E-state index in [0.717, 1.165) is 11.3 Å². The third kappa shape index (κ3) is 4.99. The van der Waals surface area contributed by atoms with Gasteiger partial charge in [-0.2, -0.15) is 0 Å². The summed E-state index contributed by atoms with van der Waals surface area (Å²) in [6, 6.07) is 23.8. The summed E-state index contributed by atoms with van der Waals surface area (Å²) in [5, 5.41) is 6.49. The monoisotopic (exact) mass is 430 g/mol. The largest absolute Gasteiger partial charge is 0.495 e. The topological polar surface area (TPSA) is 76.1 Å². The fourth-order valence-electron chi connectivity index (χ4n) is 2.95. The number of anilines is 3. The number of ether oxygens (including phenoxy) is 1. The van der Waals surface area contributed by atoms with Crippen LogP contribution < -0.4 is 15.4 Å². The van der Waals surface area contributed by atoms with Crippen LogP contribution in [0.4, 0.5) is 17.2 Å². The number of carbonyl (C=O) groups is 1. The van der Waals surface area contributed by atoms with E-state index in [9.17, 15) is 4.79 Å². The average molecular weight is 431 g/mol. The first-order chi connectivity index (χ1) is 15.1. The molecule has 0 saturated carbocycles. The Morgan fingerprint density at radius 3 is 2.39 bits per heavy atom. The highest BCUT2D eigenvalue weighted by atomic mass is 35.5. The molecule has 4 rings (SSSR count). The number of hydrogen-bond donors (Lipinski definition) is 2. The Hall–Kier alpha value is -3.90. The van der Waals surface area contributed by atoms with E-state index in [4.69, 9.17) is 16.3 Å². The second-order valence-corrected chi connectivity index (χ2v) is 7.04. The van der Waals surface area contributed by atoms with E-state index in [-0.39, 0.29) is 5.91 Å². The molecule has 0 bridgehead atoms. The zero-order valence-electron chi connectivity index (χ0n) is 16.7. The lowest BCUT2D eigenvalue weighted by Crippen LogP contribution is -2.11. The van der Waals surface area contributed by atoms with Crippen molar-refractivity contribution in [1.29, 1.82) is 0 Å². The molecule has 0 spiro atoms. The molecule has 1 amide bonds. The van der Waals surface area contributed by atoms with E-state index in [1.165, 1.54) is 0 Å². The second-order valence-electron chi connectivity index (χ2n) is 6.64. The number of halogens is 1. The Bertz CT molecular complexity index is 1200. The lowest BCUT2D eigenvalue weighted by atomic mass is 10.2. The van der Waals surface area contributed by atoms with Gasteiger partial charge in [0.2, 0.25) is 0 Å². The number of methoxy groups -OCH3 is 1. The molecule has 2 N–H and O–H groups in total. The van der Waals surface area contributed by atoms with Crippen LogP contribution in [0.15, 0.2) is 85.1 Å². The SMILES string of the molecule is COc1ccc(NC(=O)c2ccc(Nc3ccnc(-c4ccccc4)n3)cc2)cc1Cl. The molecule has 31 heavy (non-hydrogen) atoms. The Labute approximate surface area is 184 Å². The highest BCUT2D eigenvalue weighted by molar-refractivity contribution is 6.32. The number of hydrogen-bond acceptors (Lipinski definition) is 5. The second kappa shape index (κ2) is 9.28. The van der Waals surface area contributed by atoms with E-state index < -0.39 is 0 Å². The van der Waals surface area contributed by atoms with Crippen molar-refractivity contribution in [3.8, 4) is 17.1 Å². The van der Waals surface area contributed by atoms with Crippen LogP contribution in [0.25, 0.3) is 11.4 Å². The minimum atomic E-state index is -0.235. The van der Waals surface area contributed by atoms with Crippen LogP contribution in [-0.4, -0.2) is 23.0 Å². The van der Waals surface area contributed by atoms with Crippen molar-refractivity contribution in [1.82, 2.24) is 9.97 Å². The molecule has 1 heterocycles. The molecule has 0 aliphatic heterocycles. The molecule has 1 aromatic heterocycles. The van der Waals surface area contributed by atoms with E-state index in [1.807, 2.05) is 42.5 Å². The van der Waals surface area contributed by atoms with Crippen molar-refractivity contribution in [3.63, 3.8) is 0 Å². The third-order valence-electron chi connectivity index (χ3n) is 4.52. The van der Waals surface area contributed by atoms with Crippen LogP contribution in [-0.2, 0) is 0 Å². The molecule has 6 nitrogen and oxygen atoms in total. The van der Waals surface area contributed by atoms with Crippen molar-refractivity contribution in [2.75, 3.05) is 17.7 Å². The minimum absolute atomic E-state index is 0.235. The lowest BCUT2D eigenvalue weighted by molar-refractivity contribution is 0.102. The summed E-state index contributed by atoms with van der Waals surface area (Å²) in [5.74, 6) is 1.62. The zero-order chi connectivity index (χ0) is 21.6. The standard InChI is InChI=1S/C24H19ClN4O2/c1-31-21-12-11-19(15-20(21)25)28-24(30)17-7-9-18(10-8-17)27-22-13-14-26-23(29-22)16-5-3-2-4-6-16/h2-15H,1H3,(H,28,30)(H,26,27,29). The Balaban J connectivity index is 1.44. The van der Waals surface area contributed by atoms with Crippen molar-refractivity contribution in [2.24, 2.45) is 0 Å². The molecule has 4 aromatic rings. The number of amides is 1. The molecule has 0 radical (unpaired) electrons. The Kier molecular flexibility index (Phi) is 6.10. The number of benzene rings is 3. The summed E-state index contributed by atoms with van der Waals surface area (Å²) < 4.78 is 5.12. The Morgan fingerprint density at radius 2 is 1.68 bits per heavy atom. The van der Waals surface area contributed by atoms with Gasteiger partial charge in [-0.05, 0) is 48.5 Å². The molecule has 0 unspecified atom stereocenters. The maximum absolute atomic E-state index is 12.5. The van der Waals surface area contributed by atoms with Gasteiger partial charge in [0.1, 0.15) is 11.6 Å². The molecule has 7 heteroatoms. The van der Waals surface area contributed by atoms with Crippen molar-refractivity contribution in [3.05, 3.63) is 95.6 Å². The van der Waals surface area contributed by atoms with Crippen LogP contribution in [0.5, 0.6) is 5.75 Å². The number of carbonyl (C=O) groups excluding carboxylic acids is 1. The molecule has 0 aliphatic carbocycles. The first-order valence-electron chi connectivity index (χ1n) is 9.53. The highest BCUT2D eigenvalue weighted by Gasteiger charge is 2.09. The molecule has 0 saturated heterocycles. The van der Waals surface area contributed by atoms with Gasteiger partial charge in [-0.3, -0.25) is 4.79 Å².